The number of hydrogen-bond acceptors (Lipinski definition) is 3. The maximum Gasteiger partial charge on any atom is 0.239 e. The van der Waals surface area contributed by atoms with Gasteiger partial charge in [0, 0.05) is 18.8 Å². The van der Waals surface area contributed by atoms with Gasteiger partial charge in [-0.05, 0) is 36.8 Å². The molecule has 0 bridgehead atoms. The highest BCUT2D eigenvalue weighted by molar-refractivity contribution is 5.81. The van der Waals surface area contributed by atoms with E-state index >= 15 is 0 Å². The van der Waals surface area contributed by atoms with E-state index in [1.807, 2.05) is 66.4 Å². The molecule has 0 unspecified atom stereocenters. The van der Waals surface area contributed by atoms with Crippen molar-refractivity contribution < 1.29 is 9.53 Å². The Morgan fingerprint density at radius 3 is 2.59 bits per heavy atom. The standard InChI is InChI=1S/C18H22N2O2/c1-3-20(16-9-5-4-6-10-16)14-18(21)19-13-15-8-7-11-17(12-15)22-2/h4-12H,3,13-14H2,1-2H3,(H,19,21). The number of carbonyl (C=O) groups excluding carboxylic acids is 1. The van der Waals surface area contributed by atoms with E-state index in [2.05, 4.69) is 5.32 Å². The Bertz CT molecular complexity index is 599. The van der Waals surface area contributed by atoms with Gasteiger partial charge in [0.15, 0.2) is 0 Å². The van der Waals surface area contributed by atoms with Crippen LogP contribution in [-0.2, 0) is 11.3 Å². The zero-order valence-corrected chi connectivity index (χ0v) is 13.1. The first-order valence-corrected chi connectivity index (χ1v) is 7.42. The van der Waals surface area contributed by atoms with Crippen LogP contribution in [0.3, 0.4) is 0 Å². The van der Waals surface area contributed by atoms with Gasteiger partial charge in [-0.25, -0.2) is 0 Å². The van der Waals surface area contributed by atoms with Gasteiger partial charge >= 0.3 is 0 Å². The molecule has 116 valence electrons. The van der Waals surface area contributed by atoms with Gasteiger partial charge in [-0.1, -0.05) is 30.3 Å². The first kappa shape index (κ1) is 15.9. The summed E-state index contributed by atoms with van der Waals surface area (Å²) in [6, 6.07) is 17.7. The minimum Gasteiger partial charge on any atom is -0.497 e. The number of ether oxygens (including phenoxy) is 1. The molecule has 2 rings (SSSR count). The molecule has 0 heterocycles. The van der Waals surface area contributed by atoms with Crippen molar-refractivity contribution in [3.63, 3.8) is 0 Å². The predicted molar refractivity (Wildman–Crippen MR) is 89.2 cm³/mol. The fraction of sp³-hybridized carbons (Fsp3) is 0.278. The quantitative estimate of drug-likeness (QED) is 0.854. The Kier molecular flexibility index (Phi) is 5.83. The van der Waals surface area contributed by atoms with Gasteiger partial charge in [-0.15, -0.1) is 0 Å². The normalized spacial score (nSPS) is 10.1. The third kappa shape index (κ3) is 4.52. The summed E-state index contributed by atoms with van der Waals surface area (Å²) >= 11 is 0. The number of anilines is 1. The van der Waals surface area contributed by atoms with Crippen LogP contribution in [-0.4, -0.2) is 26.1 Å². The molecule has 0 saturated carbocycles. The highest BCUT2D eigenvalue weighted by Gasteiger charge is 2.09. The molecule has 2 aromatic carbocycles. The van der Waals surface area contributed by atoms with E-state index in [1.54, 1.807) is 7.11 Å². The lowest BCUT2D eigenvalue weighted by atomic mass is 10.2. The van der Waals surface area contributed by atoms with Gasteiger partial charge in [0.05, 0.1) is 13.7 Å². The molecule has 0 fully saturated rings. The summed E-state index contributed by atoms with van der Waals surface area (Å²) in [4.78, 5) is 14.2. The molecule has 2 aromatic rings. The highest BCUT2D eigenvalue weighted by atomic mass is 16.5. The van der Waals surface area contributed by atoms with Crippen LogP contribution in [0.1, 0.15) is 12.5 Å². The van der Waals surface area contributed by atoms with Gasteiger partial charge in [0.1, 0.15) is 5.75 Å². The third-order valence-corrected chi connectivity index (χ3v) is 3.46. The van der Waals surface area contributed by atoms with Crippen molar-refractivity contribution in [2.24, 2.45) is 0 Å². The molecule has 22 heavy (non-hydrogen) atoms. The number of nitrogens with zero attached hydrogens (tertiary/aromatic N) is 1. The summed E-state index contributed by atoms with van der Waals surface area (Å²) in [6.07, 6.45) is 0. The van der Waals surface area contributed by atoms with Crippen molar-refractivity contribution in [2.75, 3.05) is 25.1 Å². The molecular weight excluding hydrogens is 276 g/mol. The number of para-hydroxylation sites is 1. The second kappa shape index (κ2) is 8.08. The first-order valence-electron chi connectivity index (χ1n) is 7.42. The average Bonchev–Trinajstić information content (AvgIpc) is 2.58. The Morgan fingerprint density at radius 2 is 1.91 bits per heavy atom. The van der Waals surface area contributed by atoms with Gasteiger partial charge in [0.2, 0.25) is 5.91 Å². The number of hydrogen-bond donors (Lipinski definition) is 1. The lowest BCUT2D eigenvalue weighted by molar-refractivity contribution is -0.119. The summed E-state index contributed by atoms with van der Waals surface area (Å²) in [5.74, 6) is 0.805. The van der Waals surface area contributed by atoms with Gasteiger partial charge in [0.25, 0.3) is 0 Å². The molecule has 0 spiro atoms. The molecule has 0 aliphatic carbocycles. The van der Waals surface area contributed by atoms with Crippen LogP contribution in [0, 0.1) is 0 Å². The zero-order valence-electron chi connectivity index (χ0n) is 13.1. The van der Waals surface area contributed by atoms with E-state index in [4.69, 9.17) is 4.74 Å². The van der Waals surface area contributed by atoms with Crippen molar-refractivity contribution >= 4 is 11.6 Å². The van der Waals surface area contributed by atoms with Gasteiger partial charge < -0.3 is 15.0 Å². The summed E-state index contributed by atoms with van der Waals surface area (Å²) in [5, 5.41) is 2.95. The Labute approximate surface area is 131 Å². The third-order valence-electron chi connectivity index (χ3n) is 3.46. The predicted octanol–water partition coefficient (Wildman–Crippen LogP) is 2.84. The Hall–Kier alpha value is -2.49. The van der Waals surface area contributed by atoms with E-state index in [0.29, 0.717) is 13.1 Å². The average molecular weight is 298 g/mol. The summed E-state index contributed by atoms with van der Waals surface area (Å²) in [7, 11) is 1.64. The van der Waals surface area contributed by atoms with Crippen molar-refractivity contribution in [1.82, 2.24) is 5.32 Å². The maximum atomic E-state index is 12.1. The maximum absolute atomic E-state index is 12.1. The number of amides is 1. The summed E-state index contributed by atoms with van der Waals surface area (Å²) in [6.45, 7) is 3.69. The van der Waals surface area contributed by atoms with Crippen LogP contribution in [0.15, 0.2) is 54.6 Å². The number of carbonyl (C=O) groups is 1. The molecular formula is C18H22N2O2. The fourth-order valence-corrected chi connectivity index (χ4v) is 2.24. The Balaban J connectivity index is 1.89. The topological polar surface area (TPSA) is 41.6 Å². The van der Waals surface area contributed by atoms with E-state index < -0.39 is 0 Å². The molecule has 1 N–H and O–H groups in total. The van der Waals surface area contributed by atoms with E-state index in [0.717, 1.165) is 23.5 Å². The smallest absolute Gasteiger partial charge is 0.239 e. The van der Waals surface area contributed by atoms with Crippen LogP contribution in [0.5, 0.6) is 5.75 Å². The molecule has 0 aromatic heterocycles. The molecule has 1 amide bonds. The summed E-state index contributed by atoms with van der Waals surface area (Å²) < 4.78 is 5.18. The molecule has 0 radical (unpaired) electrons. The van der Waals surface area contributed by atoms with Gasteiger partial charge in [-0.2, -0.15) is 0 Å². The number of rotatable bonds is 7. The number of nitrogens with one attached hydrogen (secondary N) is 1. The van der Waals surface area contributed by atoms with Crippen molar-refractivity contribution in [3.05, 3.63) is 60.2 Å². The number of likely N-dealkylation sites (N-methyl/N-ethyl adjacent to an activating group) is 1. The van der Waals surface area contributed by atoms with Crippen molar-refractivity contribution in [1.29, 1.82) is 0 Å². The van der Waals surface area contributed by atoms with E-state index in [9.17, 15) is 4.79 Å². The van der Waals surface area contributed by atoms with Crippen LogP contribution in [0.25, 0.3) is 0 Å². The van der Waals surface area contributed by atoms with E-state index in [1.165, 1.54) is 0 Å². The highest BCUT2D eigenvalue weighted by Crippen LogP contribution is 2.13. The minimum absolute atomic E-state index is 0.00789. The van der Waals surface area contributed by atoms with Crippen LogP contribution >= 0.6 is 0 Å². The molecule has 0 aliphatic heterocycles. The molecule has 0 aliphatic rings. The first-order chi connectivity index (χ1) is 10.7. The largest absolute Gasteiger partial charge is 0.497 e. The molecule has 0 saturated heterocycles. The second-order valence-electron chi connectivity index (χ2n) is 4.98. The molecule has 0 atom stereocenters. The van der Waals surface area contributed by atoms with Crippen molar-refractivity contribution in [3.8, 4) is 5.75 Å². The van der Waals surface area contributed by atoms with E-state index in [-0.39, 0.29) is 5.91 Å². The zero-order chi connectivity index (χ0) is 15.8. The molecule has 4 heteroatoms. The summed E-state index contributed by atoms with van der Waals surface area (Å²) in [5.41, 5.74) is 2.08. The molecule has 4 nitrogen and oxygen atoms in total. The number of benzene rings is 2. The minimum atomic E-state index is 0.00789. The lowest BCUT2D eigenvalue weighted by Gasteiger charge is -2.22. The fourth-order valence-electron chi connectivity index (χ4n) is 2.24. The number of methoxy groups -OCH3 is 1. The van der Waals surface area contributed by atoms with Crippen LogP contribution < -0.4 is 15.0 Å². The Morgan fingerprint density at radius 1 is 1.14 bits per heavy atom. The van der Waals surface area contributed by atoms with Crippen LogP contribution in [0.4, 0.5) is 5.69 Å². The van der Waals surface area contributed by atoms with Crippen LogP contribution in [0.2, 0.25) is 0 Å². The van der Waals surface area contributed by atoms with Gasteiger partial charge in [-0.3, -0.25) is 4.79 Å². The second-order valence-corrected chi connectivity index (χ2v) is 4.98. The SMILES string of the molecule is CCN(CC(=O)NCc1cccc(OC)c1)c1ccccc1. The van der Waals surface area contributed by atoms with Crippen molar-refractivity contribution in [2.45, 2.75) is 13.5 Å². The lowest BCUT2D eigenvalue weighted by Crippen LogP contribution is -2.36. The monoisotopic (exact) mass is 298 g/mol.